The topological polar surface area (TPSA) is 26.8 Å². The van der Waals surface area contributed by atoms with Gasteiger partial charge in [-0.1, -0.05) is 25.0 Å². The Morgan fingerprint density at radius 2 is 1.73 bits per heavy atom. The van der Waals surface area contributed by atoms with Gasteiger partial charge in [0, 0.05) is 31.9 Å². The van der Waals surface area contributed by atoms with Crippen LogP contribution in [0.2, 0.25) is 0 Å². The first-order chi connectivity index (χ1) is 10.7. The quantitative estimate of drug-likeness (QED) is 0.854. The third-order valence-electron chi connectivity index (χ3n) is 4.79. The van der Waals surface area contributed by atoms with E-state index in [1.165, 1.54) is 44.3 Å². The van der Waals surface area contributed by atoms with Gasteiger partial charge in [-0.15, -0.1) is 0 Å². The van der Waals surface area contributed by atoms with Crippen molar-refractivity contribution in [3.63, 3.8) is 0 Å². The zero-order chi connectivity index (χ0) is 15.4. The molecule has 2 saturated heterocycles. The average Bonchev–Trinajstić information content (AvgIpc) is 2.73. The number of urea groups is 1. The van der Waals surface area contributed by atoms with Gasteiger partial charge in [-0.2, -0.15) is 0 Å². The van der Waals surface area contributed by atoms with Crippen LogP contribution in [0.1, 0.15) is 31.2 Å². The number of hydrogen-bond donors (Lipinski definition) is 0. The Morgan fingerprint density at radius 3 is 2.45 bits per heavy atom. The lowest BCUT2D eigenvalue weighted by molar-refractivity contribution is 0.205. The summed E-state index contributed by atoms with van der Waals surface area (Å²) in [7, 11) is 0. The molecule has 0 radical (unpaired) electrons. The Hall–Kier alpha value is -1.55. The highest BCUT2D eigenvalue weighted by molar-refractivity contribution is 5.94. The van der Waals surface area contributed by atoms with E-state index in [-0.39, 0.29) is 6.03 Å². The molecule has 2 aliphatic heterocycles. The first-order valence-electron chi connectivity index (χ1n) is 8.59. The molecule has 0 saturated carbocycles. The SMILES string of the molecule is Cc1cccc(N2CCN(CCN3CCCCCC3)C2=O)c1. The summed E-state index contributed by atoms with van der Waals surface area (Å²) in [6.45, 7) is 8.01. The summed E-state index contributed by atoms with van der Waals surface area (Å²) in [5, 5.41) is 0. The summed E-state index contributed by atoms with van der Waals surface area (Å²) < 4.78 is 0. The first kappa shape index (κ1) is 15.3. The van der Waals surface area contributed by atoms with Crippen LogP contribution in [0.25, 0.3) is 0 Å². The van der Waals surface area contributed by atoms with E-state index in [1.807, 2.05) is 21.9 Å². The van der Waals surface area contributed by atoms with E-state index in [2.05, 4.69) is 24.0 Å². The molecule has 3 rings (SSSR count). The van der Waals surface area contributed by atoms with Crippen LogP contribution in [0.4, 0.5) is 10.5 Å². The minimum Gasteiger partial charge on any atom is -0.321 e. The van der Waals surface area contributed by atoms with Gasteiger partial charge in [-0.3, -0.25) is 4.90 Å². The Morgan fingerprint density at radius 1 is 0.955 bits per heavy atom. The normalized spacial score (nSPS) is 20.5. The summed E-state index contributed by atoms with van der Waals surface area (Å²) in [6, 6.07) is 8.39. The standard InChI is InChI=1S/C18H27N3O/c1-16-7-6-8-17(15-16)21-14-13-20(18(21)22)12-11-19-9-4-2-3-5-10-19/h6-8,15H,2-5,9-14H2,1H3. The second-order valence-corrected chi connectivity index (χ2v) is 6.52. The predicted octanol–water partition coefficient (Wildman–Crippen LogP) is 3.11. The monoisotopic (exact) mass is 301 g/mol. The maximum Gasteiger partial charge on any atom is 0.324 e. The molecule has 2 aliphatic rings. The fraction of sp³-hybridized carbons (Fsp3) is 0.611. The number of benzene rings is 1. The van der Waals surface area contributed by atoms with Crippen LogP contribution in [-0.4, -0.2) is 55.1 Å². The number of carbonyl (C=O) groups excluding carboxylic acids is 1. The molecule has 2 amide bonds. The van der Waals surface area contributed by atoms with Crippen LogP contribution in [0.3, 0.4) is 0 Å². The van der Waals surface area contributed by atoms with Gasteiger partial charge < -0.3 is 9.80 Å². The molecular formula is C18H27N3O. The van der Waals surface area contributed by atoms with E-state index in [0.29, 0.717) is 0 Å². The van der Waals surface area contributed by atoms with E-state index in [4.69, 9.17) is 0 Å². The minimum absolute atomic E-state index is 0.167. The molecule has 0 aromatic heterocycles. The largest absolute Gasteiger partial charge is 0.324 e. The molecular weight excluding hydrogens is 274 g/mol. The fourth-order valence-electron chi connectivity index (χ4n) is 3.45. The van der Waals surface area contributed by atoms with Gasteiger partial charge in [0.2, 0.25) is 0 Å². The van der Waals surface area contributed by atoms with E-state index in [9.17, 15) is 4.79 Å². The molecule has 0 bridgehead atoms. The van der Waals surface area contributed by atoms with Crippen LogP contribution in [0, 0.1) is 6.92 Å². The molecule has 4 nitrogen and oxygen atoms in total. The third kappa shape index (κ3) is 3.61. The zero-order valence-electron chi connectivity index (χ0n) is 13.6. The Labute approximate surface area is 133 Å². The number of likely N-dealkylation sites (tertiary alicyclic amines) is 1. The molecule has 1 aromatic carbocycles. The third-order valence-corrected chi connectivity index (χ3v) is 4.79. The Kier molecular flexibility index (Phi) is 4.98. The van der Waals surface area contributed by atoms with Crippen LogP contribution < -0.4 is 4.90 Å². The first-order valence-corrected chi connectivity index (χ1v) is 8.59. The number of nitrogens with zero attached hydrogens (tertiary/aromatic N) is 3. The Bertz CT molecular complexity index is 509. The van der Waals surface area contributed by atoms with Crippen molar-refractivity contribution in [2.24, 2.45) is 0 Å². The molecule has 0 N–H and O–H groups in total. The molecule has 0 unspecified atom stereocenters. The average molecular weight is 301 g/mol. The van der Waals surface area contributed by atoms with Gasteiger partial charge in [0.15, 0.2) is 0 Å². The lowest BCUT2D eigenvalue weighted by Gasteiger charge is -2.24. The van der Waals surface area contributed by atoms with Crippen molar-refractivity contribution < 1.29 is 4.79 Å². The van der Waals surface area contributed by atoms with Gasteiger partial charge >= 0.3 is 6.03 Å². The molecule has 120 valence electrons. The predicted molar refractivity (Wildman–Crippen MR) is 90.4 cm³/mol. The van der Waals surface area contributed by atoms with Crippen molar-refractivity contribution in [3.05, 3.63) is 29.8 Å². The maximum atomic E-state index is 12.6. The minimum atomic E-state index is 0.167. The van der Waals surface area contributed by atoms with Crippen molar-refractivity contribution in [3.8, 4) is 0 Å². The fourth-order valence-corrected chi connectivity index (χ4v) is 3.45. The van der Waals surface area contributed by atoms with Crippen molar-refractivity contribution in [1.29, 1.82) is 0 Å². The summed E-state index contributed by atoms with van der Waals surface area (Å²) >= 11 is 0. The second-order valence-electron chi connectivity index (χ2n) is 6.52. The second kappa shape index (κ2) is 7.14. The number of amides is 2. The molecule has 22 heavy (non-hydrogen) atoms. The van der Waals surface area contributed by atoms with E-state index >= 15 is 0 Å². The van der Waals surface area contributed by atoms with Gasteiger partial charge in [-0.25, -0.2) is 4.79 Å². The number of anilines is 1. The lowest BCUT2D eigenvalue weighted by Crippen LogP contribution is -2.38. The molecule has 2 fully saturated rings. The molecule has 0 aliphatic carbocycles. The van der Waals surface area contributed by atoms with Gasteiger partial charge in [0.25, 0.3) is 0 Å². The highest BCUT2D eigenvalue weighted by atomic mass is 16.2. The molecule has 0 atom stereocenters. The van der Waals surface area contributed by atoms with Crippen molar-refractivity contribution in [1.82, 2.24) is 9.80 Å². The molecule has 2 heterocycles. The van der Waals surface area contributed by atoms with Crippen LogP contribution in [-0.2, 0) is 0 Å². The van der Waals surface area contributed by atoms with Crippen LogP contribution in [0.15, 0.2) is 24.3 Å². The highest BCUT2D eigenvalue weighted by Gasteiger charge is 2.29. The smallest absolute Gasteiger partial charge is 0.321 e. The van der Waals surface area contributed by atoms with Gasteiger partial charge in [-0.05, 0) is 50.6 Å². The van der Waals surface area contributed by atoms with Crippen LogP contribution >= 0.6 is 0 Å². The van der Waals surface area contributed by atoms with E-state index < -0.39 is 0 Å². The zero-order valence-corrected chi connectivity index (χ0v) is 13.6. The van der Waals surface area contributed by atoms with Crippen LogP contribution in [0.5, 0.6) is 0 Å². The number of rotatable bonds is 4. The molecule has 0 spiro atoms. The Balaban J connectivity index is 1.54. The van der Waals surface area contributed by atoms with Gasteiger partial charge in [0.05, 0.1) is 0 Å². The van der Waals surface area contributed by atoms with Crippen molar-refractivity contribution in [2.75, 3.05) is 44.2 Å². The number of carbonyl (C=O) groups is 1. The van der Waals surface area contributed by atoms with E-state index in [1.54, 1.807) is 0 Å². The molecule has 4 heteroatoms. The summed E-state index contributed by atoms with van der Waals surface area (Å²) in [6.07, 6.45) is 5.34. The van der Waals surface area contributed by atoms with E-state index in [0.717, 1.165) is 31.9 Å². The summed E-state index contributed by atoms with van der Waals surface area (Å²) in [4.78, 5) is 19.0. The van der Waals surface area contributed by atoms with Gasteiger partial charge in [0.1, 0.15) is 0 Å². The van der Waals surface area contributed by atoms with Crippen molar-refractivity contribution >= 4 is 11.7 Å². The summed E-state index contributed by atoms with van der Waals surface area (Å²) in [5.41, 5.74) is 2.23. The number of aryl methyl sites for hydroxylation is 1. The molecule has 1 aromatic rings. The lowest BCUT2D eigenvalue weighted by atomic mass is 10.2. The maximum absolute atomic E-state index is 12.6. The van der Waals surface area contributed by atoms with Crippen molar-refractivity contribution in [2.45, 2.75) is 32.6 Å². The number of hydrogen-bond acceptors (Lipinski definition) is 2. The highest BCUT2D eigenvalue weighted by Crippen LogP contribution is 2.21. The summed E-state index contributed by atoms with van der Waals surface area (Å²) in [5.74, 6) is 0.